The molecule has 0 aliphatic heterocycles. The maximum Gasteiger partial charge on any atom is 0.408 e. The predicted octanol–water partition coefficient (Wildman–Crippen LogP) is 2.79. The van der Waals surface area contributed by atoms with Gasteiger partial charge in [0.2, 0.25) is 0 Å². The molecule has 0 aromatic heterocycles. The molecule has 1 aliphatic rings. The molecule has 2 rings (SSSR count). The lowest BCUT2D eigenvalue weighted by molar-refractivity contribution is -0.148. The van der Waals surface area contributed by atoms with Gasteiger partial charge in [0, 0.05) is 17.5 Å². The second-order valence-corrected chi connectivity index (χ2v) is 7.78. The van der Waals surface area contributed by atoms with E-state index in [4.69, 9.17) is 4.74 Å². The number of alkyl carbamates (subject to hydrolysis) is 1. The highest BCUT2D eigenvalue weighted by atomic mass is 79.9. The van der Waals surface area contributed by atoms with E-state index in [0.29, 0.717) is 11.1 Å². The molecule has 1 aromatic carbocycles. The Balaban J connectivity index is 2.58. The summed E-state index contributed by atoms with van der Waals surface area (Å²) in [5.74, 6) is -0.966. The Kier molecular flexibility index (Phi) is 4.91. The van der Waals surface area contributed by atoms with E-state index in [2.05, 4.69) is 41.9 Å². The minimum absolute atomic E-state index is 0.125. The number of carbonyl (C=O) groups excluding carboxylic acids is 3. The van der Waals surface area contributed by atoms with Gasteiger partial charge in [0.05, 0.1) is 18.0 Å². The van der Waals surface area contributed by atoms with Gasteiger partial charge in [-0.15, -0.1) is 0 Å². The number of rotatable bonds is 3. The summed E-state index contributed by atoms with van der Waals surface area (Å²) < 4.78 is 9.22. The van der Waals surface area contributed by atoms with E-state index in [1.807, 2.05) is 0 Å². The van der Waals surface area contributed by atoms with Gasteiger partial charge in [-0.2, -0.15) is 0 Å². The number of ether oxygens (including phenoxy) is 2. The van der Waals surface area contributed by atoms with Gasteiger partial charge in [0.15, 0.2) is 11.3 Å². The van der Waals surface area contributed by atoms with Crippen molar-refractivity contribution >= 4 is 49.7 Å². The Morgan fingerprint density at radius 1 is 1.27 bits per heavy atom. The van der Waals surface area contributed by atoms with E-state index < -0.39 is 17.6 Å². The average molecular weight is 435 g/mol. The number of benzene rings is 1. The van der Waals surface area contributed by atoms with Gasteiger partial charge < -0.3 is 14.8 Å². The Morgan fingerprint density at radius 3 is 2.50 bits per heavy atom. The number of fused-ring (bicyclic) bond motifs is 1. The summed E-state index contributed by atoms with van der Waals surface area (Å²) >= 11 is 6.71. The number of Topliss-reactive ketones (excluding diaryl/α,β-unsaturated/α-hetero) is 1. The van der Waals surface area contributed by atoms with Crippen LogP contribution in [0.1, 0.15) is 31.6 Å². The molecule has 0 radical (unpaired) electrons. The van der Waals surface area contributed by atoms with Crippen molar-refractivity contribution in [2.45, 2.75) is 15.7 Å². The summed E-state index contributed by atoms with van der Waals surface area (Å²) in [6.07, 6.45) is -1.02. The van der Waals surface area contributed by atoms with E-state index in [9.17, 15) is 14.4 Å². The maximum atomic E-state index is 12.3. The molecule has 1 aromatic rings. The van der Waals surface area contributed by atoms with E-state index in [0.717, 1.165) is 5.56 Å². The number of hydrogen-bond acceptors (Lipinski definition) is 5. The van der Waals surface area contributed by atoms with Crippen molar-refractivity contribution in [2.24, 2.45) is 0 Å². The third-order valence-corrected chi connectivity index (χ3v) is 4.57. The molecule has 1 amide bonds. The summed E-state index contributed by atoms with van der Waals surface area (Å²) in [6.45, 7) is 0. The Morgan fingerprint density at radius 2 is 1.95 bits per heavy atom. The number of carbonyl (C=O) groups is 3. The largest absolute Gasteiger partial charge is 0.467 e. The molecule has 8 heteroatoms. The Bertz CT molecular complexity index is 646. The summed E-state index contributed by atoms with van der Waals surface area (Å²) in [6, 6.07) is 5.07. The molecule has 0 fully saturated rings. The molecule has 0 heterocycles. The highest BCUT2D eigenvalue weighted by Gasteiger charge is 2.52. The molecule has 1 aliphatic carbocycles. The zero-order chi connectivity index (χ0) is 16.5. The van der Waals surface area contributed by atoms with Gasteiger partial charge in [0.25, 0.3) is 0 Å². The monoisotopic (exact) mass is 433 g/mol. The molecule has 22 heavy (non-hydrogen) atoms. The SMILES string of the molecule is COC(=O)N[C@@]1(C(=O)OC)CC(=O)c2cc(C(Br)Br)ccc21. The van der Waals surface area contributed by atoms with Crippen LogP contribution in [0.3, 0.4) is 0 Å². The molecule has 6 nitrogen and oxygen atoms in total. The first-order chi connectivity index (χ1) is 10.4. The lowest BCUT2D eigenvalue weighted by Gasteiger charge is -2.27. The van der Waals surface area contributed by atoms with E-state index in [-0.39, 0.29) is 15.9 Å². The Hall–Kier alpha value is -1.41. The number of esters is 1. The smallest absolute Gasteiger partial charge is 0.408 e. The number of methoxy groups -OCH3 is 2. The van der Waals surface area contributed by atoms with Crippen LogP contribution in [0, 0.1) is 0 Å². The molecular formula is C14H13Br2NO5. The summed E-state index contributed by atoms with van der Waals surface area (Å²) in [5.41, 5.74) is 0.0502. The van der Waals surface area contributed by atoms with Gasteiger partial charge in [-0.25, -0.2) is 9.59 Å². The van der Waals surface area contributed by atoms with Crippen LogP contribution in [-0.2, 0) is 19.8 Å². The van der Waals surface area contributed by atoms with Crippen LogP contribution in [0.5, 0.6) is 0 Å². The fourth-order valence-electron chi connectivity index (χ4n) is 2.48. The number of alkyl halides is 2. The zero-order valence-electron chi connectivity index (χ0n) is 11.8. The van der Waals surface area contributed by atoms with Crippen LogP contribution in [0.15, 0.2) is 18.2 Å². The van der Waals surface area contributed by atoms with E-state index in [1.54, 1.807) is 18.2 Å². The van der Waals surface area contributed by atoms with Crippen LogP contribution in [0.4, 0.5) is 4.79 Å². The second kappa shape index (κ2) is 6.37. The van der Waals surface area contributed by atoms with Crippen molar-refractivity contribution in [2.75, 3.05) is 14.2 Å². The van der Waals surface area contributed by atoms with Crippen LogP contribution in [0.2, 0.25) is 0 Å². The average Bonchev–Trinajstić information content (AvgIpc) is 2.79. The van der Waals surface area contributed by atoms with Crippen molar-refractivity contribution in [1.82, 2.24) is 5.32 Å². The fourth-order valence-corrected chi connectivity index (χ4v) is 3.05. The lowest BCUT2D eigenvalue weighted by Crippen LogP contribution is -2.51. The third-order valence-electron chi connectivity index (χ3n) is 3.52. The normalized spacial score (nSPS) is 19.8. The van der Waals surface area contributed by atoms with Gasteiger partial charge in [-0.3, -0.25) is 4.79 Å². The van der Waals surface area contributed by atoms with E-state index in [1.165, 1.54) is 14.2 Å². The quantitative estimate of drug-likeness (QED) is 0.584. The summed E-state index contributed by atoms with van der Waals surface area (Å²) in [7, 11) is 2.38. The highest BCUT2D eigenvalue weighted by Crippen LogP contribution is 2.40. The standard InChI is InChI=1S/C14H13Br2NO5/c1-21-12(19)14(17-13(20)22-2)6-10(18)8-5-7(11(15)16)3-4-9(8)14/h3-5,11H,6H2,1-2H3,(H,17,20)/t14-/m0/s1. The van der Waals surface area contributed by atoms with Crippen molar-refractivity contribution in [3.63, 3.8) is 0 Å². The number of halogens is 2. The molecule has 118 valence electrons. The topological polar surface area (TPSA) is 81.7 Å². The minimum atomic E-state index is -1.55. The summed E-state index contributed by atoms with van der Waals surface area (Å²) in [4.78, 5) is 36.2. The first-order valence-corrected chi connectivity index (χ1v) is 8.09. The molecule has 0 saturated carbocycles. The number of amides is 1. The first kappa shape index (κ1) is 17.0. The third kappa shape index (κ3) is 2.77. The van der Waals surface area contributed by atoms with Crippen LogP contribution in [-0.4, -0.2) is 32.1 Å². The van der Waals surface area contributed by atoms with Gasteiger partial charge >= 0.3 is 12.1 Å². The lowest BCUT2D eigenvalue weighted by atomic mass is 9.91. The molecule has 1 N–H and O–H groups in total. The first-order valence-electron chi connectivity index (χ1n) is 6.26. The van der Waals surface area contributed by atoms with Gasteiger partial charge in [0.1, 0.15) is 0 Å². The predicted molar refractivity (Wildman–Crippen MR) is 85.2 cm³/mol. The minimum Gasteiger partial charge on any atom is -0.467 e. The summed E-state index contributed by atoms with van der Waals surface area (Å²) in [5, 5.41) is 2.45. The molecule has 1 atom stereocenters. The molecule has 0 saturated heterocycles. The maximum absolute atomic E-state index is 12.3. The van der Waals surface area contributed by atoms with Crippen molar-refractivity contribution in [3.8, 4) is 0 Å². The highest BCUT2D eigenvalue weighted by molar-refractivity contribution is 9.24. The zero-order valence-corrected chi connectivity index (χ0v) is 15.0. The van der Waals surface area contributed by atoms with Crippen LogP contribution >= 0.6 is 31.9 Å². The van der Waals surface area contributed by atoms with Crippen molar-refractivity contribution < 1.29 is 23.9 Å². The molecule has 0 spiro atoms. The van der Waals surface area contributed by atoms with E-state index >= 15 is 0 Å². The number of nitrogens with one attached hydrogen (secondary N) is 1. The number of ketones is 1. The van der Waals surface area contributed by atoms with Crippen molar-refractivity contribution in [1.29, 1.82) is 0 Å². The molecule has 0 unspecified atom stereocenters. The number of hydrogen-bond donors (Lipinski definition) is 1. The Labute approximate surface area is 143 Å². The van der Waals surface area contributed by atoms with Gasteiger partial charge in [-0.05, 0) is 11.6 Å². The van der Waals surface area contributed by atoms with Crippen molar-refractivity contribution in [3.05, 3.63) is 34.9 Å². The van der Waals surface area contributed by atoms with Gasteiger partial charge in [-0.1, -0.05) is 44.0 Å². The van der Waals surface area contributed by atoms with Crippen LogP contribution in [0.25, 0.3) is 0 Å². The molecular weight excluding hydrogens is 422 g/mol. The second-order valence-electron chi connectivity index (χ2n) is 4.72. The van der Waals surface area contributed by atoms with Crippen LogP contribution < -0.4 is 5.32 Å². The molecule has 0 bridgehead atoms. The fraction of sp³-hybridized carbons (Fsp3) is 0.357.